The van der Waals surface area contributed by atoms with Crippen molar-refractivity contribution < 1.29 is 54.6 Å². The van der Waals surface area contributed by atoms with Gasteiger partial charge in [0, 0.05) is 27.3 Å². The number of methoxy groups -OCH3 is 2. The predicted molar refractivity (Wildman–Crippen MR) is 79.2 cm³/mol. The molecule has 0 atom stereocenters. The molecule has 1 amide bonds. The lowest BCUT2D eigenvalue weighted by atomic mass is 9.84. The Bertz CT molecular complexity index is 625. The van der Waals surface area contributed by atoms with Crippen LogP contribution in [0.15, 0.2) is 11.8 Å². The summed E-state index contributed by atoms with van der Waals surface area (Å²) >= 11 is 0. The third-order valence-electron chi connectivity index (χ3n) is 3.41. The maximum Gasteiger partial charge on any atom is 0.534 e. The van der Waals surface area contributed by atoms with Gasteiger partial charge in [-0.25, -0.2) is 0 Å². The molecule has 14 heteroatoms. The van der Waals surface area contributed by atoms with Crippen molar-refractivity contribution in [2.45, 2.75) is 5.51 Å². The summed E-state index contributed by atoms with van der Waals surface area (Å²) in [5, 5.41) is 11.2. The lowest BCUT2D eigenvalue weighted by Gasteiger charge is -2.42. The topological polar surface area (TPSA) is 124 Å². The second-order valence-corrected chi connectivity index (χ2v) is 7.03. The van der Waals surface area contributed by atoms with Crippen LogP contribution in [0, 0.1) is 5.41 Å². The second kappa shape index (κ2) is 9.54. The fourth-order valence-corrected chi connectivity index (χ4v) is 2.84. The quantitative estimate of drug-likeness (QED) is 0.201. The van der Waals surface area contributed by atoms with Crippen molar-refractivity contribution in [1.82, 2.24) is 4.90 Å². The first-order valence-electron chi connectivity index (χ1n) is 7.30. The summed E-state index contributed by atoms with van der Waals surface area (Å²) in [7, 11) is -3.43. The minimum absolute atomic E-state index is 0.295. The van der Waals surface area contributed by atoms with E-state index in [1.165, 1.54) is 14.2 Å². The summed E-state index contributed by atoms with van der Waals surface area (Å²) in [6.07, 6.45) is -0.735. The Kier molecular flexibility index (Phi) is 8.28. The number of hydrogen-bond acceptors (Lipinski definition) is 9. The van der Waals surface area contributed by atoms with E-state index in [2.05, 4.69) is 13.7 Å². The van der Waals surface area contributed by atoms with E-state index < -0.39 is 59.2 Å². The highest BCUT2D eigenvalue weighted by atomic mass is 32.2. The van der Waals surface area contributed by atoms with Crippen molar-refractivity contribution in [3.8, 4) is 0 Å². The van der Waals surface area contributed by atoms with E-state index in [1.807, 2.05) is 0 Å². The number of carboxylic acid groups (broad SMARTS) is 1. The molecule has 1 heterocycles. The van der Waals surface area contributed by atoms with Crippen LogP contribution in [0.25, 0.3) is 0 Å². The van der Waals surface area contributed by atoms with Crippen LogP contribution in [0.3, 0.4) is 0 Å². The molecule has 0 saturated carbocycles. The van der Waals surface area contributed by atoms with Gasteiger partial charge in [-0.3, -0.25) is 0 Å². The molecule has 0 aromatic rings. The number of halogens is 3. The average Bonchev–Trinajstić information content (AvgIpc) is 2.56. The zero-order valence-corrected chi connectivity index (χ0v) is 15.3. The summed E-state index contributed by atoms with van der Waals surface area (Å²) in [6, 6.07) is 0. The molecule has 0 aromatic heterocycles. The first-order valence-corrected chi connectivity index (χ1v) is 8.70. The van der Waals surface area contributed by atoms with Gasteiger partial charge in [0.15, 0.2) is 0 Å². The Hall–Kier alpha value is -1.61. The molecule has 0 aliphatic carbocycles. The predicted octanol–water partition coefficient (Wildman–Crippen LogP) is -0.377. The van der Waals surface area contributed by atoms with Gasteiger partial charge in [0.1, 0.15) is 25.4 Å². The highest BCUT2D eigenvalue weighted by molar-refractivity contribution is 7.87. The van der Waals surface area contributed by atoms with Gasteiger partial charge in [-0.2, -0.15) is 21.6 Å². The van der Waals surface area contributed by atoms with Gasteiger partial charge in [0.25, 0.3) is 0 Å². The van der Waals surface area contributed by atoms with E-state index in [0.717, 1.165) is 11.0 Å². The third-order valence-corrected chi connectivity index (χ3v) is 4.38. The second-order valence-electron chi connectivity index (χ2n) is 5.49. The van der Waals surface area contributed by atoms with Crippen molar-refractivity contribution in [1.29, 1.82) is 0 Å². The van der Waals surface area contributed by atoms with Crippen molar-refractivity contribution >= 4 is 16.2 Å². The highest BCUT2D eigenvalue weighted by Gasteiger charge is 2.52. The van der Waals surface area contributed by atoms with Gasteiger partial charge >= 0.3 is 15.6 Å². The monoisotopic (exact) mass is 422 g/mol. The highest BCUT2D eigenvalue weighted by Crippen LogP contribution is 2.38. The normalized spacial score (nSPS) is 17.5. The Balaban J connectivity index is 3.25. The summed E-state index contributed by atoms with van der Waals surface area (Å²) < 4.78 is 84.9. The van der Waals surface area contributed by atoms with Gasteiger partial charge in [0.2, 0.25) is 0 Å². The van der Waals surface area contributed by atoms with Gasteiger partial charge in [-0.15, -0.1) is 0 Å². The number of nitrogens with zero attached hydrogens (tertiary/aromatic N) is 1. The molecular weight excluding hydrogens is 403 g/mol. The summed E-state index contributed by atoms with van der Waals surface area (Å²) in [5.41, 5.74) is -7.39. The molecule has 0 radical (unpaired) electrons. The van der Waals surface area contributed by atoms with Crippen molar-refractivity contribution in [3.05, 3.63) is 11.8 Å². The van der Waals surface area contributed by atoms with E-state index in [1.54, 1.807) is 0 Å². The summed E-state index contributed by atoms with van der Waals surface area (Å²) in [4.78, 5) is 11.9. The zero-order chi connectivity index (χ0) is 20.7. The minimum Gasteiger partial charge on any atom is -0.530 e. The smallest absolute Gasteiger partial charge is 0.530 e. The van der Waals surface area contributed by atoms with E-state index in [4.69, 9.17) is 9.47 Å². The van der Waals surface area contributed by atoms with Gasteiger partial charge in [-0.05, 0) is 6.08 Å². The van der Waals surface area contributed by atoms with E-state index in [9.17, 15) is 31.5 Å². The fourth-order valence-electron chi connectivity index (χ4n) is 2.26. The van der Waals surface area contributed by atoms with Crippen LogP contribution in [0.1, 0.15) is 0 Å². The SMILES string of the molecule is COCOCC1(COCOC)CN(C(=O)[O-])CC=C1OS(=O)(=O)C(F)(F)F. The fraction of sp³-hybridized carbons (Fsp3) is 0.769. The van der Waals surface area contributed by atoms with Crippen LogP contribution >= 0.6 is 0 Å². The van der Waals surface area contributed by atoms with Crippen molar-refractivity contribution in [2.24, 2.45) is 5.41 Å². The van der Waals surface area contributed by atoms with Crippen molar-refractivity contribution in [2.75, 3.05) is 54.1 Å². The van der Waals surface area contributed by atoms with Gasteiger partial charge in [0.05, 0.1) is 18.6 Å². The number of carbonyl (C=O) groups is 1. The van der Waals surface area contributed by atoms with Crippen LogP contribution in [-0.2, 0) is 33.2 Å². The number of ether oxygens (including phenoxy) is 4. The molecule has 158 valence electrons. The molecule has 0 saturated heterocycles. The number of alkyl halides is 3. The molecule has 0 aromatic carbocycles. The largest absolute Gasteiger partial charge is 0.534 e. The molecule has 10 nitrogen and oxygen atoms in total. The standard InChI is InChI=1S/C13H20F3NO9S/c1-22-8-24-6-12(7-25-9-23-2)5-17(11(18)19)4-3-10(12)26-27(20,21)13(14,15)16/h3H,4-9H2,1-2H3,(H,18,19)/p-1. The Labute approximate surface area is 153 Å². The molecule has 27 heavy (non-hydrogen) atoms. The summed E-state index contributed by atoms with van der Waals surface area (Å²) in [5.74, 6) is -0.662. The minimum atomic E-state index is -5.99. The molecular formula is C13H19F3NO9S-. The lowest BCUT2D eigenvalue weighted by molar-refractivity contribution is -0.267. The van der Waals surface area contributed by atoms with E-state index in [0.29, 0.717) is 0 Å². The summed E-state index contributed by atoms with van der Waals surface area (Å²) in [6.45, 7) is -2.46. The van der Waals surface area contributed by atoms with Crippen LogP contribution in [0.2, 0.25) is 0 Å². The first kappa shape index (κ1) is 23.4. The third kappa shape index (κ3) is 6.21. The maximum absolute atomic E-state index is 12.7. The zero-order valence-electron chi connectivity index (χ0n) is 14.5. The molecule has 1 aliphatic rings. The van der Waals surface area contributed by atoms with Crippen LogP contribution < -0.4 is 5.11 Å². The maximum atomic E-state index is 12.7. The molecule has 0 fully saturated rings. The van der Waals surface area contributed by atoms with Crippen LogP contribution in [-0.4, -0.2) is 79.0 Å². The molecule has 0 N–H and O–H groups in total. The number of carbonyl (C=O) groups excluding carboxylic acids is 1. The van der Waals surface area contributed by atoms with Gasteiger partial charge in [-0.1, -0.05) is 0 Å². The Morgan fingerprint density at radius 1 is 1.22 bits per heavy atom. The number of rotatable bonds is 10. The van der Waals surface area contributed by atoms with Crippen molar-refractivity contribution in [3.63, 3.8) is 0 Å². The molecule has 0 unspecified atom stereocenters. The number of hydrogen-bond donors (Lipinski definition) is 0. The Morgan fingerprint density at radius 2 is 1.74 bits per heavy atom. The molecule has 0 bridgehead atoms. The Morgan fingerprint density at radius 3 is 2.15 bits per heavy atom. The van der Waals surface area contributed by atoms with Crippen LogP contribution in [0.4, 0.5) is 18.0 Å². The van der Waals surface area contributed by atoms with E-state index in [-0.39, 0.29) is 13.6 Å². The van der Waals surface area contributed by atoms with Crippen LogP contribution in [0.5, 0.6) is 0 Å². The number of amides is 1. The van der Waals surface area contributed by atoms with Gasteiger partial charge < -0.3 is 37.9 Å². The molecule has 0 spiro atoms. The molecule has 1 aliphatic heterocycles. The van der Waals surface area contributed by atoms with E-state index >= 15 is 0 Å². The lowest BCUT2D eigenvalue weighted by Crippen LogP contribution is -2.54. The average molecular weight is 422 g/mol. The molecule has 1 rings (SSSR count). The first-order chi connectivity index (χ1) is 12.5.